The number of esters is 1. The Kier molecular flexibility index (Phi) is 4.45. The number of hydrazine groups is 1. The summed E-state index contributed by atoms with van der Waals surface area (Å²) >= 11 is 1.21. The molecule has 1 unspecified atom stereocenters. The number of nitrogens with one attached hydrogen (secondary N) is 1. The number of hydrogen-bond acceptors (Lipinski definition) is 8. The predicted molar refractivity (Wildman–Crippen MR) is 67.8 cm³/mol. The van der Waals surface area contributed by atoms with Crippen molar-refractivity contribution in [2.45, 2.75) is 32.4 Å². The summed E-state index contributed by atoms with van der Waals surface area (Å²) in [5, 5.41) is 4.76. The van der Waals surface area contributed by atoms with Gasteiger partial charge in [0.1, 0.15) is 16.7 Å². The van der Waals surface area contributed by atoms with E-state index in [0.717, 1.165) is 30.1 Å². The number of aromatic nitrogens is 2. The minimum absolute atomic E-state index is 0.152. The second-order valence-electron chi connectivity index (χ2n) is 4.07. The number of carbonyl (C=O) groups excluding carboxylic acids is 1. The molecular formula is C10H17N5O2S. The Balaban J connectivity index is 2.01. The van der Waals surface area contributed by atoms with Crippen molar-refractivity contribution in [3.8, 4) is 0 Å². The van der Waals surface area contributed by atoms with E-state index in [1.165, 1.54) is 11.5 Å². The molecule has 0 saturated carbocycles. The van der Waals surface area contributed by atoms with E-state index in [9.17, 15) is 4.79 Å². The first kappa shape index (κ1) is 13.2. The van der Waals surface area contributed by atoms with Crippen LogP contribution in [0.4, 0.5) is 5.00 Å². The highest BCUT2D eigenvalue weighted by Crippen LogP contribution is 2.24. The lowest BCUT2D eigenvalue weighted by Gasteiger charge is -2.21. The lowest BCUT2D eigenvalue weighted by atomic mass is 10.2. The first-order valence-electron chi connectivity index (χ1n) is 5.94. The van der Waals surface area contributed by atoms with Gasteiger partial charge in [-0.25, -0.2) is 5.84 Å². The van der Waals surface area contributed by atoms with Gasteiger partial charge in [0.25, 0.3) is 0 Å². The summed E-state index contributed by atoms with van der Waals surface area (Å²) in [5.74, 6) is 5.23. The van der Waals surface area contributed by atoms with Gasteiger partial charge in [0.2, 0.25) is 0 Å². The number of rotatable bonds is 5. The Labute approximate surface area is 109 Å². The SMILES string of the molecule is CCOC(=O)C1CCCN1Cc1nnsc1NN. The van der Waals surface area contributed by atoms with Crippen molar-refractivity contribution in [1.29, 1.82) is 0 Å². The van der Waals surface area contributed by atoms with Gasteiger partial charge in [0.15, 0.2) is 0 Å². The van der Waals surface area contributed by atoms with E-state index in [2.05, 4.69) is 19.9 Å². The number of nitrogen functional groups attached to an aromatic ring is 1. The zero-order chi connectivity index (χ0) is 13.0. The molecule has 2 rings (SSSR count). The van der Waals surface area contributed by atoms with Crippen molar-refractivity contribution in [2.75, 3.05) is 18.6 Å². The number of carbonyl (C=O) groups is 1. The summed E-state index contributed by atoms with van der Waals surface area (Å²) in [6, 6.07) is -0.169. The molecular weight excluding hydrogens is 254 g/mol. The fraction of sp³-hybridized carbons (Fsp3) is 0.700. The first-order chi connectivity index (χ1) is 8.76. The van der Waals surface area contributed by atoms with Crippen LogP contribution in [0.2, 0.25) is 0 Å². The molecule has 3 N–H and O–H groups in total. The van der Waals surface area contributed by atoms with Crippen LogP contribution in [0.25, 0.3) is 0 Å². The van der Waals surface area contributed by atoms with E-state index in [1.807, 2.05) is 6.92 Å². The summed E-state index contributed by atoms with van der Waals surface area (Å²) in [7, 11) is 0. The molecule has 2 heterocycles. The normalized spacial score (nSPS) is 20.0. The number of hydrogen-bond donors (Lipinski definition) is 2. The third-order valence-electron chi connectivity index (χ3n) is 2.96. The first-order valence-corrected chi connectivity index (χ1v) is 6.72. The quantitative estimate of drug-likeness (QED) is 0.453. The molecule has 100 valence electrons. The lowest BCUT2D eigenvalue weighted by molar-refractivity contribution is -0.148. The monoisotopic (exact) mass is 271 g/mol. The van der Waals surface area contributed by atoms with E-state index < -0.39 is 0 Å². The number of anilines is 1. The van der Waals surface area contributed by atoms with E-state index in [0.29, 0.717) is 13.2 Å². The van der Waals surface area contributed by atoms with Gasteiger partial charge < -0.3 is 10.2 Å². The van der Waals surface area contributed by atoms with E-state index in [-0.39, 0.29) is 12.0 Å². The van der Waals surface area contributed by atoms with Crippen LogP contribution in [0, 0.1) is 0 Å². The fourth-order valence-electron chi connectivity index (χ4n) is 2.13. The zero-order valence-corrected chi connectivity index (χ0v) is 11.1. The van der Waals surface area contributed by atoms with Gasteiger partial charge >= 0.3 is 5.97 Å². The van der Waals surface area contributed by atoms with Crippen molar-refractivity contribution in [2.24, 2.45) is 5.84 Å². The molecule has 1 saturated heterocycles. The van der Waals surface area contributed by atoms with Gasteiger partial charge in [0.05, 0.1) is 6.61 Å². The highest BCUT2D eigenvalue weighted by Gasteiger charge is 2.32. The maximum atomic E-state index is 11.8. The van der Waals surface area contributed by atoms with Crippen molar-refractivity contribution in [3.05, 3.63) is 5.69 Å². The molecule has 8 heteroatoms. The van der Waals surface area contributed by atoms with Crippen LogP contribution in [0.15, 0.2) is 0 Å². The van der Waals surface area contributed by atoms with Gasteiger partial charge in [-0.05, 0) is 26.3 Å². The molecule has 0 radical (unpaired) electrons. The Morgan fingerprint density at radius 1 is 1.72 bits per heavy atom. The Morgan fingerprint density at radius 2 is 2.56 bits per heavy atom. The summed E-state index contributed by atoms with van der Waals surface area (Å²) in [4.78, 5) is 13.9. The molecule has 1 fully saturated rings. The van der Waals surface area contributed by atoms with Crippen LogP contribution in [0.3, 0.4) is 0 Å². The summed E-state index contributed by atoms with van der Waals surface area (Å²) in [6.07, 6.45) is 1.83. The van der Waals surface area contributed by atoms with Crippen LogP contribution in [0.1, 0.15) is 25.5 Å². The third kappa shape index (κ3) is 2.77. The molecule has 0 spiro atoms. The van der Waals surface area contributed by atoms with Gasteiger partial charge in [-0.1, -0.05) is 4.49 Å². The number of ether oxygens (including phenoxy) is 1. The Hall–Kier alpha value is -1.25. The topological polar surface area (TPSA) is 93.4 Å². The van der Waals surface area contributed by atoms with E-state index in [1.54, 1.807) is 0 Å². The van der Waals surface area contributed by atoms with Crippen molar-refractivity contribution >= 4 is 22.5 Å². The van der Waals surface area contributed by atoms with Gasteiger partial charge in [-0.15, -0.1) is 5.10 Å². The lowest BCUT2D eigenvalue weighted by Crippen LogP contribution is -2.37. The predicted octanol–water partition coefficient (Wildman–Crippen LogP) is 0.351. The van der Waals surface area contributed by atoms with Crippen LogP contribution in [-0.2, 0) is 16.1 Å². The average Bonchev–Trinajstić information content (AvgIpc) is 2.98. The molecule has 1 aliphatic rings. The molecule has 0 aromatic carbocycles. The molecule has 7 nitrogen and oxygen atoms in total. The number of nitrogens with zero attached hydrogens (tertiary/aromatic N) is 3. The molecule has 1 aromatic rings. The third-order valence-corrected chi connectivity index (χ3v) is 3.66. The minimum Gasteiger partial charge on any atom is -0.465 e. The van der Waals surface area contributed by atoms with E-state index in [4.69, 9.17) is 10.6 Å². The molecule has 0 amide bonds. The maximum absolute atomic E-state index is 11.8. The molecule has 18 heavy (non-hydrogen) atoms. The standard InChI is InChI=1S/C10H17N5O2S/c1-2-17-10(16)8-4-3-5-15(8)6-7-9(12-11)18-14-13-7/h8,12H,2-6,11H2,1H3. The van der Waals surface area contributed by atoms with E-state index >= 15 is 0 Å². The van der Waals surface area contributed by atoms with Crippen LogP contribution in [-0.4, -0.2) is 39.6 Å². The average molecular weight is 271 g/mol. The molecule has 0 bridgehead atoms. The summed E-state index contributed by atoms with van der Waals surface area (Å²) in [5.41, 5.74) is 3.35. The smallest absolute Gasteiger partial charge is 0.323 e. The highest BCUT2D eigenvalue weighted by atomic mass is 32.1. The Morgan fingerprint density at radius 3 is 3.28 bits per heavy atom. The van der Waals surface area contributed by atoms with Crippen LogP contribution < -0.4 is 11.3 Å². The summed E-state index contributed by atoms with van der Waals surface area (Å²) < 4.78 is 8.93. The van der Waals surface area contributed by atoms with Gasteiger partial charge in [0, 0.05) is 18.1 Å². The molecule has 1 atom stereocenters. The van der Waals surface area contributed by atoms with Crippen molar-refractivity contribution in [3.63, 3.8) is 0 Å². The molecule has 1 aliphatic heterocycles. The summed E-state index contributed by atoms with van der Waals surface area (Å²) in [6.45, 7) is 3.67. The minimum atomic E-state index is -0.169. The second-order valence-corrected chi connectivity index (χ2v) is 4.83. The second kappa shape index (κ2) is 6.07. The van der Waals surface area contributed by atoms with Crippen LogP contribution >= 0.6 is 11.5 Å². The Bertz CT molecular complexity index is 411. The maximum Gasteiger partial charge on any atom is 0.323 e. The van der Waals surface area contributed by atoms with Crippen molar-refractivity contribution < 1.29 is 9.53 Å². The fourth-order valence-corrected chi connectivity index (χ4v) is 2.62. The molecule has 1 aromatic heterocycles. The largest absolute Gasteiger partial charge is 0.465 e. The molecule has 0 aliphatic carbocycles. The number of nitrogens with two attached hydrogens (primary N) is 1. The zero-order valence-electron chi connectivity index (χ0n) is 10.3. The van der Waals surface area contributed by atoms with Gasteiger partial charge in [-0.3, -0.25) is 9.69 Å². The van der Waals surface area contributed by atoms with Crippen molar-refractivity contribution in [1.82, 2.24) is 14.5 Å². The number of likely N-dealkylation sites (tertiary alicyclic amines) is 1. The van der Waals surface area contributed by atoms with Crippen LogP contribution in [0.5, 0.6) is 0 Å². The highest BCUT2D eigenvalue weighted by molar-refractivity contribution is 7.10. The van der Waals surface area contributed by atoms with Gasteiger partial charge in [-0.2, -0.15) is 0 Å².